The van der Waals surface area contributed by atoms with Gasteiger partial charge in [0.25, 0.3) is 5.91 Å². The summed E-state index contributed by atoms with van der Waals surface area (Å²) in [7, 11) is 1.87. The summed E-state index contributed by atoms with van der Waals surface area (Å²) in [4.78, 5) is 11.8. The molecule has 0 aliphatic heterocycles. The first kappa shape index (κ1) is 13.6. The minimum atomic E-state index is -0.376. The van der Waals surface area contributed by atoms with Gasteiger partial charge in [-0.2, -0.15) is 0 Å². The van der Waals surface area contributed by atoms with Crippen LogP contribution in [0.25, 0.3) is 0 Å². The molecule has 0 fully saturated rings. The quantitative estimate of drug-likeness (QED) is 0.820. The highest BCUT2D eigenvalue weighted by Gasteiger charge is 2.09. The van der Waals surface area contributed by atoms with E-state index in [2.05, 4.69) is 10.6 Å². The zero-order valence-corrected chi connectivity index (χ0v) is 10.5. The maximum atomic E-state index is 13.1. The molecule has 3 nitrogen and oxygen atoms in total. The van der Waals surface area contributed by atoms with Gasteiger partial charge in [-0.1, -0.05) is 6.92 Å². The van der Waals surface area contributed by atoms with E-state index >= 15 is 0 Å². The van der Waals surface area contributed by atoms with Gasteiger partial charge in [-0.05, 0) is 50.2 Å². The summed E-state index contributed by atoms with van der Waals surface area (Å²) in [6, 6.07) is 4.34. The van der Waals surface area contributed by atoms with E-state index in [-0.39, 0.29) is 11.7 Å². The minimum Gasteiger partial charge on any atom is -0.352 e. The van der Waals surface area contributed by atoms with Gasteiger partial charge in [0.15, 0.2) is 0 Å². The second-order valence-electron chi connectivity index (χ2n) is 4.39. The molecule has 0 radical (unpaired) electrons. The van der Waals surface area contributed by atoms with Gasteiger partial charge in [0.05, 0.1) is 0 Å². The maximum Gasteiger partial charge on any atom is 0.251 e. The Bertz CT molecular complexity index is 373. The molecule has 1 rings (SSSR count). The lowest BCUT2D eigenvalue weighted by atomic mass is 10.1. The van der Waals surface area contributed by atoms with E-state index in [1.54, 1.807) is 13.0 Å². The average molecular weight is 238 g/mol. The van der Waals surface area contributed by atoms with Crippen LogP contribution in [0.2, 0.25) is 0 Å². The van der Waals surface area contributed by atoms with E-state index in [0.717, 1.165) is 12.1 Å². The lowest BCUT2D eigenvalue weighted by Gasteiger charge is -2.12. The molecule has 1 atom stereocenters. The minimum absolute atomic E-state index is 0.226. The third-order valence-corrected chi connectivity index (χ3v) is 2.47. The van der Waals surface area contributed by atoms with E-state index < -0.39 is 0 Å². The molecular formula is C13H19FN2O. The lowest BCUT2D eigenvalue weighted by molar-refractivity contribution is 0.0947. The van der Waals surface area contributed by atoms with Crippen molar-refractivity contribution in [1.29, 1.82) is 0 Å². The van der Waals surface area contributed by atoms with Crippen molar-refractivity contribution >= 4 is 5.91 Å². The van der Waals surface area contributed by atoms with Crippen molar-refractivity contribution < 1.29 is 9.18 Å². The number of halogens is 1. The van der Waals surface area contributed by atoms with E-state index in [1.165, 1.54) is 12.1 Å². The molecule has 94 valence electrons. The molecule has 17 heavy (non-hydrogen) atoms. The van der Waals surface area contributed by atoms with Crippen LogP contribution in [0, 0.1) is 18.7 Å². The number of hydrogen-bond acceptors (Lipinski definition) is 2. The number of amides is 1. The molecule has 1 amide bonds. The molecule has 1 aromatic rings. The Morgan fingerprint density at radius 3 is 2.65 bits per heavy atom. The second kappa shape index (κ2) is 6.35. The second-order valence-corrected chi connectivity index (χ2v) is 4.39. The van der Waals surface area contributed by atoms with Crippen LogP contribution < -0.4 is 10.6 Å². The molecule has 4 heteroatoms. The van der Waals surface area contributed by atoms with E-state index in [1.807, 2.05) is 14.0 Å². The van der Waals surface area contributed by atoms with E-state index in [9.17, 15) is 9.18 Å². The van der Waals surface area contributed by atoms with Gasteiger partial charge in [0.2, 0.25) is 0 Å². The highest BCUT2D eigenvalue weighted by Crippen LogP contribution is 2.08. The summed E-state index contributed by atoms with van der Waals surface area (Å²) in [6.45, 7) is 5.22. The molecule has 0 saturated carbocycles. The number of nitrogens with one attached hydrogen (secondary N) is 2. The number of carbonyl (C=O) groups is 1. The molecule has 1 aromatic carbocycles. The van der Waals surface area contributed by atoms with Gasteiger partial charge >= 0.3 is 0 Å². The van der Waals surface area contributed by atoms with E-state index in [4.69, 9.17) is 0 Å². The monoisotopic (exact) mass is 238 g/mol. The van der Waals surface area contributed by atoms with Crippen molar-refractivity contribution in [2.24, 2.45) is 5.92 Å². The Balaban J connectivity index is 2.58. The van der Waals surface area contributed by atoms with Gasteiger partial charge in [0.1, 0.15) is 5.82 Å². The fourth-order valence-corrected chi connectivity index (χ4v) is 1.66. The van der Waals surface area contributed by atoms with Crippen molar-refractivity contribution in [2.75, 3.05) is 20.1 Å². The Morgan fingerprint density at radius 2 is 2.06 bits per heavy atom. The average Bonchev–Trinajstić information content (AvgIpc) is 2.25. The summed E-state index contributed by atoms with van der Waals surface area (Å²) in [5.41, 5.74) is 1.12. The Labute approximate surface area is 101 Å². The van der Waals surface area contributed by atoms with Gasteiger partial charge < -0.3 is 10.6 Å². The molecule has 0 aliphatic carbocycles. The fourth-order valence-electron chi connectivity index (χ4n) is 1.66. The van der Waals surface area contributed by atoms with Gasteiger partial charge in [-0.15, -0.1) is 0 Å². The maximum absolute atomic E-state index is 13.1. The van der Waals surface area contributed by atoms with Crippen molar-refractivity contribution in [3.05, 3.63) is 35.1 Å². The summed E-state index contributed by atoms with van der Waals surface area (Å²) >= 11 is 0. The third-order valence-electron chi connectivity index (χ3n) is 2.47. The number of rotatable bonds is 5. The van der Waals surface area contributed by atoms with Crippen LogP contribution in [0.1, 0.15) is 22.8 Å². The van der Waals surface area contributed by atoms with Crippen LogP contribution in [-0.4, -0.2) is 26.0 Å². The molecule has 0 aliphatic rings. The van der Waals surface area contributed by atoms with Crippen LogP contribution in [0.4, 0.5) is 4.39 Å². The topological polar surface area (TPSA) is 41.1 Å². The predicted octanol–water partition coefficient (Wildman–Crippen LogP) is 1.72. The standard InChI is InChI=1S/C13H19FN2O/c1-9-4-11(6-12(14)5-9)13(17)16-8-10(2)7-15-3/h4-6,10,15H,7-8H2,1-3H3,(H,16,17). The van der Waals surface area contributed by atoms with Gasteiger partial charge in [-0.25, -0.2) is 4.39 Å². The van der Waals surface area contributed by atoms with Crippen LogP contribution in [0.5, 0.6) is 0 Å². The summed E-state index contributed by atoms with van der Waals surface area (Å²) < 4.78 is 13.1. The van der Waals surface area contributed by atoms with Crippen LogP contribution in [0.3, 0.4) is 0 Å². The number of carbonyl (C=O) groups excluding carboxylic acids is 1. The molecule has 2 N–H and O–H groups in total. The van der Waals surface area contributed by atoms with Crippen molar-refractivity contribution in [3.8, 4) is 0 Å². The molecule has 0 bridgehead atoms. The van der Waals surface area contributed by atoms with Gasteiger partial charge in [0, 0.05) is 12.1 Å². The smallest absolute Gasteiger partial charge is 0.251 e. The Hall–Kier alpha value is -1.42. The first-order chi connectivity index (χ1) is 8.02. The van der Waals surface area contributed by atoms with Crippen LogP contribution in [0.15, 0.2) is 18.2 Å². The zero-order chi connectivity index (χ0) is 12.8. The van der Waals surface area contributed by atoms with Crippen molar-refractivity contribution in [1.82, 2.24) is 10.6 Å². The highest BCUT2D eigenvalue weighted by molar-refractivity contribution is 5.94. The normalized spacial score (nSPS) is 12.2. The largest absolute Gasteiger partial charge is 0.352 e. The summed E-state index contributed by atoms with van der Waals surface area (Å²) in [5.74, 6) is -0.257. The Morgan fingerprint density at radius 1 is 1.35 bits per heavy atom. The summed E-state index contributed by atoms with van der Waals surface area (Å²) in [6.07, 6.45) is 0. The summed E-state index contributed by atoms with van der Waals surface area (Å²) in [5, 5.41) is 5.83. The first-order valence-electron chi connectivity index (χ1n) is 5.73. The molecule has 0 spiro atoms. The Kier molecular flexibility index (Phi) is 5.10. The van der Waals surface area contributed by atoms with Crippen molar-refractivity contribution in [2.45, 2.75) is 13.8 Å². The SMILES string of the molecule is CNCC(C)CNC(=O)c1cc(C)cc(F)c1. The molecular weight excluding hydrogens is 219 g/mol. The van der Waals surface area contributed by atoms with Crippen molar-refractivity contribution in [3.63, 3.8) is 0 Å². The number of benzene rings is 1. The molecule has 0 heterocycles. The van der Waals surface area contributed by atoms with E-state index in [0.29, 0.717) is 18.0 Å². The lowest BCUT2D eigenvalue weighted by Crippen LogP contribution is -2.32. The third kappa shape index (κ3) is 4.53. The predicted molar refractivity (Wildman–Crippen MR) is 66.6 cm³/mol. The highest BCUT2D eigenvalue weighted by atomic mass is 19.1. The zero-order valence-electron chi connectivity index (χ0n) is 10.5. The molecule has 0 saturated heterocycles. The van der Waals surface area contributed by atoms with Gasteiger partial charge in [-0.3, -0.25) is 4.79 Å². The molecule has 1 unspecified atom stereocenters. The van der Waals surface area contributed by atoms with Crippen LogP contribution in [-0.2, 0) is 0 Å². The van der Waals surface area contributed by atoms with Crippen LogP contribution >= 0.6 is 0 Å². The number of aryl methyl sites for hydroxylation is 1. The fraction of sp³-hybridized carbons (Fsp3) is 0.462. The molecule has 0 aromatic heterocycles. The first-order valence-corrected chi connectivity index (χ1v) is 5.73. The number of hydrogen-bond donors (Lipinski definition) is 2.